The zero-order valence-electron chi connectivity index (χ0n) is 7.93. The quantitative estimate of drug-likeness (QED) is 0.666. The third kappa shape index (κ3) is 2.24. The Morgan fingerprint density at radius 1 is 1.36 bits per heavy atom. The van der Waals surface area contributed by atoms with Crippen LogP contribution in [0.5, 0.6) is 0 Å². The number of aliphatic hydroxyl groups is 1. The molecule has 0 saturated carbocycles. The normalized spacial score (nSPS) is 26.7. The molecular weight excluding hydrogens is 208 g/mol. The van der Waals surface area contributed by atoms with Crippen molar-refractivity contribution in [3.05, 3.63) is 0 Å². The molecular formula is C8H14O5S. The van der Waals surface area contributed by atoms with Crippen LogP contribution in [0.2, 0.25) is 0 Å². The summed E-state index contributed by atoms with van der Waals surface area (Å²) in [5.74, 6) is -1.81. The van der Waals surface area contributed by atoms with Crippen LogP contribution in [0, 0.1) is 5.92 Å². The first-order chi connectivity index (χ1) is 6.26. The average molecular weight is 222 g/mol. The van der Waals surface area contributed by atoms with Gasteiger partial charge in [-0.25, -0.2) is 13.2 Å². The van der Waals surface area contributed by atoms with Gasteiger partial charge in [-0.1, -0.05) is 0 Å². The van der Waals surface area contributed by atoms with Crippen molar-refractivity contribution in [3.63, 3.8) is 0 Å². The number of carboxylic acid groups (broad SMARTS) is 1. The second-order valence-corrected chi connectivity index (χ2v) is 6.18. The molecule has 5 nitrogen and oxygen atoms in total. The minimum absolute atomic E-state index is 0.0267. The maximum Gasteiger partial charge on any atom is 0.335 e. The Morgan fingerprint density at radius 2 is 1.79 bits per heavy atom. The van der Waals surface area contributed by atoms with Crippen LogP contribution >= 0.6 is 0 Å². The molecule has 0 spiro atoms. The second-order valence-electron chi connectivity index (χ2n) is 3.88. The first-order valence-electron chi connectivity index (χ1n) is 4.42. The number of sulfone groups is 1. The van der Waals surface area contributed by atoms with E-state index in [-0.39, 0.29) is 24.3 Å². The lowest BCUT2D eigenvalue weighted by Crippen LogP contribution is -2.46. The van der Waals surface area contributed by atoms with Crippen molar-refractivity contribution in [2.24, 2.45) is 5.92 Å². The largest absolute Gasteiger partial charge is 0.479 e. The van der Waals surface area contributed by atoms with Crippen molar-refractivity contribution >= 4 is 15.8 Å². The molecule has 0 aliphatic carbocycles. The maximum atomic E-state index is 11.1. The molecule has 6 heteroatoms. The van der Waals surface area contributed by atoms with Gasteiger partial charge in [0.05, 0.1) is 11.5 Å². The van der Waals surface area contributed by atoms with Crippen LogP contribution in [0.3, 0.4) is 0 Å². The Labute approximate surface area is 82.7 Å². The first-order valence-corrected chi connectivity index (χ1v) is 6.24. The van der Waals surface area contributed by atoms with Gasteiger partial charge in [-0.3, -0.25) is 0 Å². The molecule has 0 aromatic carbocycles. The summed E-state index contributed by atoms with van der Waals surface area (Å²) < 4.78 is 22.1. The summed E-state index contributed by atoms with van der Waals surface area (Å²) in [5.41, 5.74) is -1.81. The molecule has 0 bridgehead atoms. The molecule has 1 aliphatic rings. The van der Waals surface area contributed by atoms with Gasteiger partial charge in [0, 0.05) is 5.92 Å². The SMILES string of the molecule is CC(O)(C(=O)O)C1CCS(=O)(=O)CC1. The number of carboxylic acids is 1. The van der Waals surface area contributed by atoms with E-state index in [0.29, 0.717) is 0 Å². The van der Waals surface area contributed by atoms with Crippen LogP contribution in [-0.4, -0.2) is 41.7 Å². The highest BCUT2D eigenvalue weighted by molar-refractivity contribution is 7.91. The van der Waals surface area contributed by atoms with Crippen LogP contribution in [0.25, 0.3) is 0 Å². The predicted molar refractivity (Wildman–Crippen MR) is 49.6 cm³/mol. The summed E-state index contributed by atoms with van der Waals surface area (Å²) in [5, 5.41) is 18.3. The Bertz CT molecular complexity index is 316. The lowest BCUT2D eigenvalue weighted by molar-refractivity contribution is -0.162. The van der Waals surface area contributed by atoms with Gasteiger partial charge in [0.15, 0.2) is 5.60 Å². The van der Waals surface area contributed by atoms with Gasteiger partial charge >= 0.3 is 5.97 Å². The van der Waals surface area contributed by atoms with Crippen LogP contribution in [0.15, 0.2) is 0 Å². The molecule has 0 aromatic heterocycles. The Morgan fingerprint density at radius 3 is 2.14 bits per heavy atom. The lowest BCUT2D eigenvalue weighted by Gasteiger charge is -2.31. The van der Waals surface area contributed by atoms with Crippen LogP contribution in [0.1, 0.15) is 19.8 Å². The third-order valence-corrected chi connectivity index (χ3v) is 4.50. The molecule has 1 atom stereocenters. The van der Waals surface area contributed by atoms with E-state index >= 15 is 0 Å². The monoisotopic (exact) mass is 222 g/mol. The number of carbonyl (C=O) groups is 1. The summed E-state index contributed by atoms with van der Waals surface area (Å²) in [4.78, 5) is 10.7. The molecule has 0 aromatic rings. The number of hydrogen-bond donors (Lipinski definition) is 2. The fourth-order valence-electron chi connectivity index (χ4n) is 1.63. The van der Waals surface area contributed by atoms with Gasteiger partial charge < -0.3 is 10.2 Å². The maximum absolute atomic E-state index is 11.1. The minimum Gasteiger partial charge on any atom is -0.479 e. The molecule has 1 aliphatic heterocycles. The van der Waals surface area contributed by atoms with E-state index in [1.54, 1.807) is 0 Å². The van der Waals surface area contributed by atoms with Crippen molar-refractivity contribution in [3.8, 4) is 0 Å². The van der Waals surface area contributed by atoms with Crippen LogP contribution < -0.4 is 0 Å². The standard InChI is InChI=1S/C8H14O5S/c1-8(11,7(9)10)6-2-4-14(12,13)5-3-6/h6,11H,2-5H2,1H3,(H,9,10). The zero-order valence-corrected chi connectivity index (χ0v) is 8.75. The van der Waals surface area contributed by atoms with Crippen molar-refractivity contribution in [2.75, 3.05) is 11.5 Å². The van der Waals surface area contributed by atoms with Crippen molar-refractivity contribution in [2.45, 2.75) is 25.4 Å². The summed E-state index contributed by atoms with van der Waals surface area (Å²) in [6, 6.07) is 0. The van der Waals surface area contributed by atoms with Crippen molar-refractivity contribution in [1.82, 2.24) is 0 Å². The molecule has 1 unspecified atom stereocenters. The summed E-state index contributed by atoms with van der Waals surface area (Å²) in [6.07, 6.45) is 0.448. The van der Waals surface area contributed by atoms with E-state index in [1.165, 1.54) is 6.92 Å². The average Bonchev–Trinajstić information content (AvgIpc) is 2.03. The van der Waals surface area contributed by atoms with Crippen LogP contribution in [-0.2, 0) is 14.6 Å². The summed E-state index contributed by atoms with van der Waals surface area (Å²) in [7, 11) is -3.01. The van der Waals surface area contributed by atoms with E-state index < -0.39 is 27.3 Å². The van der Waals surface area contributed by atoms with Crippen LogP contribution in [0.4, 0.5) is 0 Å². The van der Waals surface area contributed by atoms with Gasteiger partial charge in [0.25, 0.3) is 0 Å². The molecule has 0 radical (unpaired) electrons. The molecule has 1 fully saturated rings. The molecule has 1 heterocycles. The molecule has 1 saturated heterocycles. The number of aliphatic carboxylic acids is 1. The molecule has 14 heavy (non-hydrogen) atoms. The van der Waals surface area contributed by atoms with E-state index in [0.717, 1.165) is 0 Å². The van der Waals surface area contributed by atoms with E-state index in [2.05, 4.69) is 0 Å². The second kappa shape index (κ2) is 3.51. The number of hydrogen-bond acceptors (Lipinski definition) is 4. The van der Waals surface area contributed by atoms with E-state index in [4.69, 9.17) is 5.11 Å². The van der Waals surface area contributed by atoms with Crippen molar-refractivity contribution < 1.29 is 23.4 Å². The molecule has 82 valence electrons. The highest BCUT2D eigenvalue weighted by Crippen LogP contribution is 2.29. The highest BCUT2D eigenvalue weighted by Gasteiger charge is 2.42. The van der Waals surface area contributed by atoms with E-state index in [1.807, 2.05) is 0 Å². The Kier molecular flexibility index (Phi) is 2.87. The van der Waals surface area contributed by atoms with E-state index in [9.17, 15) is 18.3 Å². The molecule has 2 N–H and O–H groups in total. The van der Waals surface area contributed by atoms with Crippen molar-refractivity contribution in [1.29, 1.82) is 0 Å². The molecule has 1 rings (SSSR count). The van der Waals surface area contributed by atoms with Gasteiger partial charge in [-0.15, -0.1) is 0 Å². The Balaban J connectivity index is 2.71. The lowest BCUT2D eigenvalue weighted by atomic mass is 9.85. The van der Waals surface area contributed by atoms with Gasteiger partial charge in [0.2, 0.25) is 0 Å². The minimum atomic E-state index is -3.01. The number of rotatable bonds is 2. The topological polar surface area (TPSA) is 91.7 Å². The first kappa shape index (κ1) is 11.5. The fraction of sp³-hybridized carbons (Fsp3) is 0.875. The fourth-order valence-corrected chi connectivity index (χ4v) is 3.12. The highest BCUT2D eigenvalue weighted by atomic mass is 32.2. The molecule has 0 amide bonds. The predicted octanol–water partition coefficient (Wildman–Crippen LogP) is -0.353. The van der Waals surface area contributed by atoms with Gasteiger partial charge in [-0.2, -0.15) is 0 Å². The Hall–Kier alpha value is -0.620. The summed E-state index contributed by atoms with van der Waals surface area (Å²) >= 11 is 0. The third-order valence-electron chi connectivity index (χ3n) is 2.78. The summed E-state index contributed by atoms with van der Waals surface area (Å²) in [6.45, 7) is 1.22. The zero-order chi connectivity index (χ0) is 11.0. The van der Waals surface area contributed by atoms with Gasteiger partial charge in [-0.05, 0) is 19.8 Å². The van der Waals surface area contributed by atoms with Gasteiger partial charge in [0.1, 0.15) is 9.84 Å². The smallest absolute Gasteiger partial charge is 0.335 e.